The molecular weight excluding hydrogens is 158 g/mol. The van der Waals surface area contributed by atoms with Crippen molar-refractivity contribution in [3.8, 4) is 0 Å². The number of para-hydroxylation sites is 1. The maximum Gasteiger partial charge on any atom is 0.0342 e. The van der Waals surface area contributed by atoms with Crippen LogP contribution in [0.15, 0.2) is 30.3 Å². The van der Waals surface area contributed by atoms with Crippen LogP contribution in [0.5, 0.6) is 0 Å². The summed E-state index contributed by atoms with van der Waals surface area (Å²) in [5.41, 5.74) is 1.22. The van der Waals surface area contributed by atoms with Gasteiger partial charge in [-0.15, -0.1) is 0 Å². The summed E-state index contributed by atoms with van der Waals surface area (Å²) in [5, 5.41) is 3.49. The minimum absolute atomic E-state index is 0.549. The molecule has 0 radical (unpaired) electrons. The van der Waals surface area contributed by atoms with Crippen LogP contribution in [0.3, 0.4) is 0 Å². The van der Waals surface area contributed by atoms with E-state index in [1.54, 1.807) is 0 Å². The molecule has 0 aliphatic heterocycles. The number of rotatable bonds is 4. The van der Waals surface area contributed by atoms with Gasteiger partial charge in [0.15, 0.2) is 0 Å². The molecule has 0 aromatic heterocycles. The van der Waals surface area contributed by atoms with Crippen LogP contribution in [-0.2, 0) is 0 Å². The average molecular weight is 177 g/mol. The van der Waals surface area contributed by atoms with Gasteiger partial charge in [0.05, 0.1) is 0 Å². The molecule has 0 amide bonds. The number of hydrogen-bond donors (Lipinski definition) is 1. The van der Waals surface area contributed by atoms with E-state index >= 15 is 0 Å². The Morgan fingerprint density at radius 3 is 2.31 bits per heavy atom. The molecule has 0 unspecified atom stereocenters. The first-order valence-corrected chi connectivity index (χ1v) is 5.05. The highest BCUT2D eigenvalue weighted by atomic mass is 14.9. The van der Waals surface area contributed by atoms with E-state index in [0.29, 0.717) is 6.04 Å². The van der Waals surface area contributed by atoms with Gasteiger partial charge in [0.1, 0.15) is 0 Å². The highest BCUT2D eigenvalue weighted by Crippen LogP contribution is 2.13. The largest absolute Gasteiger partial charge is 0.382 e. The zero-order valence-electron chi connectivity index (χ0n) is 8.75. The molecule has 1 N–H and O–H groups in total. The zero-order chi connectivity index (χ0) is 9.68. The predicted molar refractivity (Wildman–Crippen MR) is 59.0 cm³/mol. The summed E-state index contributed by atoms with van der Waals surface area (Å²) in [4.78, 5) is 0. The van der Waals surface area contributed by atoms with Gasteiger partial charge in [0, 0.05) is 11.7 Å². The molecule has 1 rings (SSSR count). The zero-order valence-corrected chi connectivity index (χ0v) is 8.75. The highest BCUT2D eigenvalue weighted by Gasteiger charge is 2.08. The third-order valence-corrected chi connectivity index (χ3v) is 2.67. The van der Waals surface area contributed by atoms with Gasteiger partial charge in [0.25, 0.3) is 0 Å². The van der Waals surface area contributed by atoms with Gasteiger partial charge in [-0.25, -0.2) is 0 Å². The first-order chi connectivity index (χ1) is 6.24. The van der Waals surface area contributed by atoms with Crippen molar-refractivity contribution >= 4 is 5.69 Å². The fourth-order valence-corrected chi connectivity index (χ4v) is 1.29. The van der Waals surface area contributed by atoms with E-state index in [0.717, 1.165) is 5.92 Å². The molecule has 0 fully saturated rings. The van der Waals surface area contributed by atoms with Crippen LogP contribution < -0.4 is 5.32 Å². The highest BCUT2D eigenvalue weighted by molar-refractivity contribution is 5.43. The molecule has 0 spiro atoms. The molecule has 1 aromatic carbocycles. The second-order valence-corrected chi connectivity index (χ2v) is 3.68. The van der Waals surface area contributed by atoms with Crippen molar-refractivity contribution in [3.05, 3.63) is 30.3 Å². The molecule has 0 aliphatic carbocycles. The molecule has 0 aliphatic rings. The van der Waals surface area contributed by atoms with Gasteiger partial charge >= 0.3 is 0 Å². The van der Waals surface area contributed by atoms with Crippen LogP contribution in [0.4, 0.5) is 5.69 Å². The van der Waals surface area contributed by atoms with E-state index < -0.39 is 0 Å². The smallest absolute Gasteiger partial charge is 0.0342 e. The quantitative estimate of drug-likeness (QED) is 0.741. The van der Waals surface area contributed by atoms with Crippen molar-refractivity contribution < 1.29 is 0 Å². The molecule has 1 heteroatoms. The van der Waals surface area contributed by atoms with E-state index in [-0.39, 0.29) is 0 Å². The Morgan fingerprint density at radius 2 is 1.77 bits per heavy atom. The molecule has 13 heavy (non-hydrogen) atoms. The molecule has 0 saturated carbocycles. The first-order valence-electron chi connectivity index (χ1n) is 5.05. The van der Waals surface area contributed by atoms with Gasteiger partial charge in [-0.1, -0.05) is 38.5 Å². The molecule has 1 nitrogen and oxygen atoms in total. The molecule has 2 atom stereocenters. The lowest BCUT2D eigenvalue weighted by Crippen LogP contribution is -2.22. The third-order valence-electron chi connectivity index (χ3n) is 2.67. The summed E-state index contributed by atoms with van der Waals surface area (Å²) < 4.78 is 0. The Kier molecular flexibility index (Phi) is 3.81. The van der Waals surface area contributed by atoms with Crippen LogP contribution >= 0.6 is 0 Å². The summed E-state index contributed by atoms with van der Waals surface area (Å²) in [6.07, 6.45) is 1.22. The normalized spacial score (nSPS) is 15.0. The fourth-order valence-electron chi connectivity index (χ4n) is 1.29. The summed E-state index contributed by atoms with van der Waals surface area (Å²) in [6.45, 7) is 6.75. The van der Waals surface area contributed by atoms with Crippen molar-refractivity contribution in [1.82, 2.24) is 0 Å². The lowest BCUT2D eigenvalue weighted by atomic mass is 10.0. The first kappa shape index (κ1) is 10.1. The maximum atomic E-state index is 3.49. The number of nitrogens with one attached hydrogen (secondary N) is 1. The van der Waals surface area contributed by atoms with E-state index in [9.17, 15) is 0 Å². The molecule has 72 valence electrons. The number of hydrogen-bond acceptors (Lipinski definition) is 1. The minimum atomic E-state index is 0.549. The summed E-state index contributed by atoms with van der Waals surface area (Å²) in [6, 6.07) is 10.9. The van der Waals surface area contributed by atoms with Crippen LogP contribution in [0.2, 0.25) is 0 Å². The third kappa shape index (κ3) is 3.10. The van der Waals surface area contributed by atoms with Crippen molar-refractivity contribution in [2.45, 2.75) is 33.2 Å². The summed E-state index contributed by atoms with van der Waals surface area (Å²) in [7, 11) is 0. The second-order valence-electron chi connectivity index (χ2n) is 3.68. The lowest BCUT2D eigenvalue weighted by Gasteiger charge is -2.20. The fraction of sp³-hybridized carbons (Fsp3) is 0.500. The van der Waals surface area contributed by atoms with Gasteiger partial charge in [-0.3, -0.25) is 0 Å². The Labute approximate surface area is 81.2 Å². The average Bonchev–Trinajstić information content (AvgIpc) is 2.18. The van der Waals surface area contributed by atoms with E-state index in [1.165, 1.54) is 12.1 Å². The molecular formula is C12H19N. The van der Waals surface area contributed by atoms with Gasteiger partial charge in [0.2, 0.25) is 0 Å². The Bertz CT molecular complexity index is 230. The van der Waals surface area contributed by atoms with E-state index in [1.807, 2.05) is 6.07 Å². The monoisotopic (exact) mass is 177 g/mol. The molecule has 0 heterocycles. The number of benzene rings is 1. The molecule has 0 bridgehead atoms. The van der Waals surface area contributed by atoms with Crippen molar-refractivity contribution in [2.75, 3.05) is 5.32 Å². The van der Waals surface area contributed by atoms with Crippen LogP contribution in [-0.4, -0.2) is 6.04 Å². The van der Waals surface area contributed by atoms with Crippen LogP contribution in [0, 0.1) is 5.92 Å². The van der Waals surface area contributed by atoms with Gasteiger partial charge in [-0.2, -0.15) is 0 Å². The Hall–Kier alpha value is -0.980. The Balaban J connectivity index is 2.50. The molecule has 0 saturated heterocycles. The topological polar surface area (TPSA) is 12.0 Å². The Morgan fingerprint density at radius 1 is 1.15 bits per heavy atom. The standard InChI is InChI=1S/C12H19N/c1-4-10(2)11(3)13-12-8-6-5-7-9-12/h5-11,13H,4H2,1-3H3/t10-,11-/m0/s1. The van der Waals surface area contributed by atoms with Gasteiger partial charge < -0.3 is 5.32 Å². The second kappa shape index (κ2) is 4.90. The van der Waals surface area contributed by atoms with Crippen LogP contribution in [0.1, 0.15) is 27.2 Å². The molecule has 1 aromatic rings. The minimum Gasteiger partial charge on any atom is -0.382 e. The van der Waals surface area contributed by atoms with Crippen molar-refractivity contribution in [1.29, 1.82) is 0 Å². The van der Waals surface area contributed by atoms with Gasteiger partial charge in [-0.05, 0) is 25.0 Å². The SMILES string of the molecule is CC[C@H](C)[C@H](C)Nc1ccccc1. The summed E-state index contributed by atoms with van der Waals surface area (Å²) in [5.74, 6) is 0.722. The number of anilines is 1. The summed E-state index contributed by atoms with van der Waals surface area (Å²) >= 11 is 0. The predicted octanol–water partition coefficient (Wildman–Crippen LogP) is 3.53. The van der Waals surface area contributed by atoms with Crippen molar-refractivity contribution in [3.63, 3.8) is 0 Å². The van der Waals surface area contributed by atoms with Crippen molar-refractivity contribution in [2.24, 2.45) is 5.92 Å². The lowest BCUT2D eigenvalue weighted by molar-refractivity contribution is 0.494. The van der Waals surface area contributed by atoms with Crippen LogP contribution in [0.25, 0.3) is 0 Å². The van der Waals surface area contributed by atoms with E-state index in [2.05, 4.69) is 50.4 Å². The maximum absolute atomic E-state index is 3.49. The van der Waals surface area contributed by atoms with E-state index in [4.69, 9.17) is 0 Å².